The molecule has 0 spiro atoms. The second-order valence-corrected chi connectivity index (χ2v) is 6.00. The zero-order chi connectivity index (χ0) is 19.4. The van der Waals surface area contributed by atoms with Gasteiger partial charge >= 0.3 is 5.97 Å². The Hall–Kier alpha value is -3.61. The highest BCUT2D eigenvalue weighted by molar-refractivity contribution is 6.22. The summed E-state index contributed by atoms with van der Waals surface area (Å²) >= 11 is 0. The van der Waals surface area contributed by atoms with Gasteiger partial charge in [0.1, 0.15) is 0 Å². The minimum Gasteiger partial charge on any atom is -0.448 e. The predicted octanol–water partition coefficient (Wildman–Crippen LogP) is 3.85. The SMILES string of the molecule is C=C(C)C(=O)O[C@@H]1CC(=O)N(c2ccc(N=Nc3ccccc3)cc2)C1=O. The molecule has 0 aliphatic carbocycles. The molecule has 1 heterocycles. The monoisotopic (exact) mass is 363 g/mol. The van der Waals surface area contributed by atoms with Crippen molar-refractivity contribution in [1.82, 2.24) is 0 Å². The van der Waals surface area contributed by atoms with Gasteiger partial charge in [0, 0.05) is 5.57 Å². The summed E-state index contributed by atoms with van der Waals surface area (Å²) in [6.45, 7) is 4.94. The third-order valence-corrected chi connectivity index (χ3v) is 3.85. The lowest BCUT2D eigenvalue weighted by atomic mass is 10.2. The van der Waals surface area contributed by atoms with Crippen molar-refractivity contribution in [1.29, 1.82) is 0 Å². The largest absolute Gasteiger partial charge is 0.448 e. The van der Waals surface area contributed by atoms with E-state index in [1.54, 1.807) is 24.3 Å². The predicted molar refractivity (Wildman–Crippen MR) is 98.9 cm³/mol. The Kier molecular flexibility index (Phi) is 5.21. The van der Waals surface area contributed by atoms with E-state index < -0.39 is 23.9 Å². The van der Waals surface area contributed by atoms with Gasteiger partial charge in [0.15, 0.2) is 6.10 Å². The Bertz CT molecular complexity index is 920. The number of benzene rings is 2. The summed E-state index contributed by atoms with van der Waals surface area (Å²) in [5.41, 5.74) is 1.85. The van der Waals surface area contributed by atoms with Gasteiger partial charge in [-0.15, -0.1) is 0 Å². The first kappa shape index (κ1) is 18.2. The molecule has 3 rings (SSSR count). The number of azo groups is 1. The van der Waals surface area contributed by atoms with Gasteiger partial charge in [0.25, 0.3) is 5.91 Å². The lowest BCUT2D eigenvalue weighted by molar-refractivity contribution is -0.149. The fourth-order valence-electron chi connectivity index (χ4n) is 2.48. The van der Waals surface area contributed by atoms with Crippen LogP contribution in [0.4, 0.5) is 17.1 Å². The van der Waals surface area contributed by atoms with Crippen LogP contribution in [0.15, 0.2) is 77.0 Å². The van der Waals surface area contributed by atoms with E-state index in [4.69, 9.17) is 4.74 Å². The van der Waals surface area contributed by atoms with Crippen LogP contribution < -0.4 is 4.90 Å². The zero-order valence-corrected chi connectivity index (χ0v) is 14.7. The summed E-state index contributed by atoms with van der Waals surface area (Å²) < 4.78 is 5.03. The molecule has 0 unspecified atom stereocenters. The van der Waals surface area contributed by atoms with E-state index in [0.29, 0.717) is 17.1 Å². The second kappa shape index (κ2) is 7.74. The van der Waals surface area contributed by atoms with E-state index in [2.05, 4.69) is 16.8 Å². The first-order valence-corrected chi connectivity index (χ1v) is 8.26. The van der Waals surface area contributed by atoms with Crippen molar-refractivity contribution in [3.63, 3.8) is 0 Å². The van der Waals surface area contributed by atoms with Crippen molar-refractivity contribution in [2.45, 2.75) is 19.4 Å². The molecule has 1 atom stereocenters. The Labute approximate surface area is 156 Å². The van der Waals surface area contributed by atoms with Crippen molar-refractivity contribution in [2.24, 2.45) is 10.2 Å². The maximum Gasteiger partial charge on any atom is 0.333 e. The number of amides is 2. The molecule has 2 amide bonds. The Morgan fingerprint density at radius 2 is 1.63 bits per heavy atom. The van der Waals surface area contributed by atoms with E-state index in [0.717, 1.165) is 4.90 Å². The standard InChI is InChI=1S/C20H17N3O4/c1-13(2)20(26)27-17-12-18(24)23(19(17)25)16-10-8-15(9-11-16)22-21-14-6-4-3-5-7-14/h3-11,17H,1,12H2,2H3/t17-/m1/s1. The smallest absolute Gasteiger partial charge is 0.333 e. The average Bonchev–Trinajstić information content (AvgIpc) is 2.94. The number of hydrogen-bond acceptors (Lipinski definition) is 6. The summed E-state index contributed by atoms with van der Waals surface area (Å²) in [6, 6.07) is 15.7. The van der Waals surface area contributed by atoms with E-state index in [1.165, 1.54) is 6.92 Å². The molecular formula is C20H17N3O4. The van der Waals surface area contributed by atoms with Gasteiger partial charge in [-0.05, 0) is 43.3 Å². The molecule has 1 fully saturated rings. The molecule has 0 saturated carbocycles. The Balaban J connectivity index is 1.72. The number of ether oxygens (including phenoxy) is 1. The lowest BCUT2D eigenvalue weighted by Crippen LogP contribution is -2.33. The number of hydrogen-bond donors (Lipinski definition) is 0. The highest BCUT2D eigenvalue weighted by atomic mass is 16.5. The van der Waals surface area contributed by atoms with Gasteiger partial charge in [-0.25, -0.2) is 9.69 Å². The van der Waals surface area contributed by atoms with Crippen LogP contribution in [0.1, 0.15) is 13.3 Å². The fraction of sp³-hybridized carbons (Fsp3) is 0.150. The van der Waals surface area contributed by atoms with Crippen molar-refractivity contribution >= 4 is 34.8 Å². The molecule has 1 saturated heterocycles. The van der Waals surface area contributed by atoms with E-state index in [1.807, 2.05) is 30.3 Å². The summed E-state index contributed by atoms with van der Waals surface area (Å²) in [4.78, 5) is 37.2. The van der Waals surface area contributed by atoms with Gasteiger partial charge in [-0.2, -0.15) is 10.2 Å². The topological polar surface area (TPSA) is 88.4 Å². The van der Waals surface area contributed by atoms with Crippen LogP contribution >= 0.6 is 0 Å². The summed E-state index contributed by atoms with van der Waals surface area (Å²) in [7, 11) is 0. The number of carbonyl (C=O) groups excluding carboxylic acids is 3. The van der Waals surface area contributed by atoms with Crippen molar-refractivity contribution in [3.05, 3.63) is 66.7 Å². The first-order chi connectivity index (χ1) is 13.0. The molecular weight excluding hydrogens is 346 g/mol. The molecule has 7 nitrogen and oxygen atoms in total. The van der Waals surface area contributed by atoms with Gasteiger partial charge in [-0.1, -0.05) is 24.8 Å². The van der Waals surface area contributed by atoms with E-state index in [-0.39, 0.29) is 12.0 Å². The normalized spacial score (nSPS) is 16.8. The average molecular weight is 363 g/mol. The molecule has 2 aromatic rings. The maximum atomic E-state index is 12.4. The zero-order valence-electron chi connectivity index (χ0n) is 14.7. The molecule has 0 aromatic heterocycles. The van der Waals surface area contributed by atoms with Crippen LogP contribution in [0, 0.1) is 0 Å². The summed E-state index contributed by atoms with van der Waals surface area (Å²) in [6.07, 6.45) is -1.31. The molecule has 136 valence electrons. The quantitative estimate of drug-likeness (QED) is 0.349. The van der Waals surface area contributed by atoms with Crippen LogP contribution in [0.3, 0.4) is 0 Å². The van der Waals surface area contributed by atoms with Crippen molar-refractivity contribution < 1.29 is 19.1 Å². The number of rotatable bonds is 5. The first-order valence-electron chi connectivity index (χ1n) is 8.26. The minimum absolute atomic E-state index is 0.168. The van der Waals surface area contributed by atoms with Crippen LogP contribution in [0.2, 0.25) is 0 Å². The van der Waals surface area contributed by atoms with Crippen LogP contribution in [-0.4, -0.2) is 23.9 Å². The van der Waals surface area contributed by atoms with Crippen LogP contribution in [-0.2, 0) is 19.1 Å². The minimum atomic E-state index is -1.13. The van der Waals surface area contributed by atoms with Gasteiger partial charge in [0.05, 0.1) is 23.5 Å². The van der Waals surface area contributed by atoms with E-state index in [9.17, 15) is 14.4 Å². The van der Waals surface area contributed by atoms with E-state index >= 15 is 0 Å². The number of esters is 1. The highest BCUT2D eigenvalue weighted by Gasteiger charge is 2.42. The Morgan fingerprint density at radius 3 is 2.22 bits per heavy atom. The molecule has 1 aliphatic rings. The maximum absolute atomic E-state index is 12.4. The van der Waals surface area contributed by atoms with Crippen molar-refractivity contribution in [3.8, 4) is 0 Å². The van der Waals surface area contributed by atoms with Crippen LogP contribution in [0.25, 0.3) is 0 Å². The van der Waals surface area contributed by atoms with Crippen LogP contribution in [0.5, 0.6) is 0 Å². The van der Waals surface area contributed by atoms with Gasteiger partial charge < -0.3 is 4.74 Å². The molecule has 2 aromatic carbocycles. The third-order valence-electron chi connectivity index (χ3n) is 3.85. The van der Waals surface area contributed by atoms with Crippen molar-refractivity contribution in [2.75, 3.05) is 4.90 Å². The Morgan fingerprint density at radius 1 is 1.04 bits per heavy atom. The molecule has 27 heavy (non-hydrogen) atoms. The highest BCUT2D eigenvalue weighted by Crippen LogP contribution is 2.27. The number of carbonyl (C=O) groups is 3. The number of anilines is 1. The molecule has 7 heteroatoms. The molecule has 0 radical (unpaired) electrons. The molecule has 1 aliphatic heterocycles. The fourth-order valence-corrected chi connectivity index (χ4v) is 2.48. The number of imide groups is 1. The van der Waals surface area contributed by atoms with Gasteiger partial charge in [-0.3, -0.25) is 9.59 Å². The summed E-state index contributed by atoms with van der Waals surface area (Å²) in [5, 5.41) is 8.22. The third kappa shape index (κ3) is 4.14. The summed E-state index contributed by atoms with van der Waals surface area (Å²) in [5.74, 6) is -1.70. The van der Waals surface area contributed by atoms with Gasteiger partial charge in [0.2, 0.25) is 5.91 Å². The number of nitrogens with zero attached hydrogens (tertiary/aromatic N) is 3. The second-order valence-electron chi connectivity index (χ2n) is 6.00. The molecule has 0 bridgehead atoms. The molecule has 0 N–H and O–H groups in total. The lowest BCUT2D eigenvalue weighted by Gasteiger charge is -2.15.